The number of nitrogens with one attached hydrogen (secondary N) is 4. The maximum Gasteiger partial charge on any atom is 0.271 e. The minimum absolute atomic E-state index is 0.0491. The maximum atomic E-state index is 13.8. The van der Waals surface area contributed by atoms with Gasteiger partial charge in [-0.15, -0.1) is 11.3 Å². The first-order chi connectivity index (χ1) is 23.7. The molecule has 268 valence electrons. The molecule has 0 saturated heterocycles. The van der Waals surface area contributed by atoms with Crippen molar-refractivity contribution in [2.45, 2.75) is 78.7 Å². The van der Waals surface area contributed by atoms with Crippen LogP contribution < -0.4 is 21.3 Å². The quantitative estimate of drug-likeness (QED) is 0.319. The number of benzene rings is 2. The minimum atomic E-state index is -0.983. The summed E-state index contributed by atoms with van der Waals surface area (Å²) in [4.78, 5) is 75.1. The van der Waals surface area contributed by atoms with Crippen LogP contribution in [0, 0.1) is 19.8 Å². The fourth-order valence-corrected chi connectivity index (χ4v) is 6.68. The molecule has 0 unspecified atom stereocenters. The third-order valence-electron chi connectivity index (χ3n) is 8.91. The van der Waals surface area contributed by atoms with Crippen LogP contribution in [0.25, 0.3) is 0 Å². The Morgan fingerprint density at radius 2 is 1.52 bits per heavy atom. The standard InChI is InChI=1S/C37H49N7O5S/c1-22(2)32-35(48)39-26(6)37(49)43(7)16-17-44(19-28-23(3)12-11-13-24(28)4)20-31(45)40-29(18-27-14-9-8-10-15-27)36-41-30(21-50-36)34(47)38-25(5)33(46)42-32/h8-15,21-22,25-26,29,32H,16-20H2,1-7H3,(H,38,47)(H,39,48)(H,40,45)(H,42,46)/t25-,26+,29-,32-/m0/s1. The van der Waals surface area contributed by atoms with E-state index < -0.39 is 41.9 Å². The number of likely N-dealkylation sites (N-methyl/N-ethyl adjacent to an activating group) is 1. The van der Waals surface area contributed by atoms with Crippen molar-refractivity contribution in [3.63, 3.8) is 0 Å². The Kier molecular flexibility index (Phi) is 13.3. The van der Waals surface area contributed by atoms with Crippen molar-refractivity contribution < 1.29 is 24.0 Å². The Bertz CT molecular complexity index is 1660. The van der Waals surface area contributed by atoms with Crippen LogP contribution in [0.2, 0.25) is 0 Å². The van der Waals surface area contributed by atoms with Gasteiger partial charge in [0.25, 0.3) is 5.91 Å². The molecule has 4 N–H and O–H groups in total. The molecule has 0 saturated carbocycles. The lowest BCUT2D eigenvalue weighted by molar-refractivity contribution is -0.136. The average Bonchev–Trinajstić information content (AvgIpc) is 3.57. The van der Waals surface area contributed by atoms with E-state index in [-0.39, 0.29) is 30.0 Å². The molecule has 13 heteroatoms. The Morgan fingerprint density at radius 3 is 2.18 bits per heavy atom. The van der Waals surface area contributed by atoms with Crippen LogP contribution in [0.1, 0.15) is 71.5 Å². The van der Waals surface area contributed by atoms with E-state index in [2.05, 4.69) is 26.3 Å². The van der Waals surface area contributed by atoms with E-state index in [1.165, 1.54) is 18.3 Å². The zero-order valence-corrected chi connectivity index (χ0v) is 30.7. The van der Waals surface area contributed by atoms with Gasteiger partial charge in [0, 0.05) is 32.1 Å². The number of thiazole rings is 1. The van der Waals surface area contributed by atoms with Gasteiger partial charge in [0.2, 0.25) is 23.6 Å². The van der Waals surface area contributed by atoms with E-state index in [1.54, 1.807) is 38.1 Å². The highest BCUT2D eigenvalue weighted by atomic mass is 32.1. The zero-order valence-electron chi connectivity index (χ0n) is 29.9. The van der Waals surface area contributed by atoms with Crippen LogP contribution in [0.3, 0.4) is 0 Å². The van der Waals surface area contributed by atoms with Crippen molar-refractivity contribution >= 4 is 40.9 Å². The number of nitrogens with zero attached hydrogens (tertiary/aromatic N) is 3. The minimum Gasteiger partial charge on any atom is -0.345 e. The highest BCUT2D eigenvalue weighted by molar-refractivity contribution is 7.09. The van der Waals surface area contributed by atoms with Gasteiger partial charge in [0.05, 0.1) is 12.6 Å². The largest absolute Gasteiger partial charge is 0.345 e. The molecule has 50 heavy (non-hydrogen) atoms. The zero-order chi connectivity index (χ0) is 36.5. The van der Waals surface area contributed by atoms with E-state index in [1.807, 2.05) is 67.3 Å². The van der Waals surface area contributed by atoms with Crippen molar-refractivity contribution in [3.05, 3.63) is 86.9 Å². The average molecular weight is 704 g/mol. The maximum absolute atomic E-state index is 13.8. The van der Waals surface area contributed by atoms with Crippen LogP contribution in [-0.4, -0.2) is 89.1 Å². The van der Waals surface area contributed by atoms with E-state index in [9.17, 15) is 24.0 Å². The molecule has 5 amide bonds. The van der Waals surface area contributed by atoms with Crippen LogP contribution in [-0.2, 0) is 32.1 Å². The third-order valence-corrected chi connectivity index (χ3v) is 9.87. The van der Waals surface area contributed by atoms with Gasteiger partial charge in [-0.3, -0.25) is 28.9 Å². The van der Waals surface area contributed by atoms with Gasteiger partial charge in [-0.25, -0.2) is 4.98 Å². The monoisotopic (exact) mass is 703 g/mol. The lowest BCUT2D eigenvalue weighted by Crippen LogP contribution is -2.57. The van der Waals surface area contributed by atoms with Gasteiger partial charge in [-0.05, 0) is 62.3 Å². The van der Waals surface area contributed by atoms with Gasteiger partial charge < -0.3 is 26.2 Å². The second-order valence-electron chi connectivity index (χ2n) is 13.4. The number of aromatic nitrogens is 1. The Hall–Kier alpha value is -4.62. The number of rotatable bonds is 5. The van der Waals surface area contributed by atoms with Gasteiger partial charge in [-0.2, -0.15) is 0 Å². The summed E-state index contributed by atoms with van der Waals surface area (Å²) < 4.78 is 0. The van der Waals surface area contributed by atoms with E-state index in [4.69, 9.17) is 0 Å². The van der Waals surface area contributed by atoms with Crippen LogP contribution in [0.5, 0.6) is 0 Å². The summed E-state index contributed by atoms with van der Waals surface area (Å²) in [6.45, 7) is 12.0. The van der Waals surface area contributed by atoms with Crippen LogP contribution >= 0.6 is 11.3 Å². The molecular formula is C37H49N7O5S. The van der Waals surface area contributed by atoms with Crippen molar-refractivity contribution in [1.82, 2.24) is 36.1 Å². The summed E-state index contributed by atoms with van der Waals surface area (Å²) in [7, 11) is 1.67. The first-order valence-corrected chi connectivity index (χ1v) is 17.8. The number of amides is 5. The Balaban J connectivity index is 1.68. The van der Waals surface area contributed by atoms with Crippen molar-refractivity contribution in [1.29, 1.82) is 0 Å². The molecule has 0 fully saturated rings. The number of carbonyl (C=O) groups excluding carboxylic acids is 5. The summed E-state index contributed by atoms with van der Waals surface area (Å²) in [5.74, 6) is -2.45. The number of hydrogen-bond acceptors (Lipinski definition) is 8. The van der Waals surface area contributed by atoms with Crippen molar-refractivity contribution in [2.24, 2.45) is 5.92 Å². The molecule has 3 aromatic rings. The molecular weight excluding hydrogens is 655 g/mol. The molecule has 0 aliphatic carbocycles. The highest BCUT2D eigenvalue weighted by Crippen LogP contribution is 2.23. The van der Waals surface area contributed by atoms with Crippen LogP contribution in [0.4, 0.5) is 0 Å². The number of aryl methyl sites for hydroxylation is 2. The predicted molar refractivity (Wildman–Crippen MR) is 193 cm³/mol. The van der Waals surface area contributed by atoms with Crippen molar-refractivity contribution in [3.8, 4) is 0 Å². The van der Waals surface area contributed by atoms with Crippen LogP contribution in [0.15, 0.2) is 53.9 Å². The molecule has 2 aromatic carbocycles. The fourth-order valence-electron chi connectivity index (χ4n) is 5.83. The molecule has 2 bridgehead atoms. The molecule has 1 aliphatic heterocycles. The number of fused-ring (bicyclic) bond motifs is 2. The number of hydrogen-bond donors (Lipinski definition) is 4. The van der Waals surface area contributed by atoms with E-state index >= 15 is 0 Å². The molecule has 4 atom stereocenters. The summed E-state index contributed by atoms with van der Waals surface area (Å²) in [5, 5.41) is 13.5. The third kappa shape index (κ3) is 10.2. The normalized spacial score (nSPS) is 22.3. The number of carbonyl (C=O) groups is 5. The molecule has 0 radical (unpaired) electrons. The smallest absolute Gasteiger partial charge is 0.271 e. The summed E-state index contributed by atoms with van der Waals surface area (Å²) >= 11 is 1.25. The second kappa shape index (κ2) is 17.3. The fraction of sp³-hybridized carbons (Fsp3) is 0.459. The lowest BCUT2D eigenvalue weighted by Gasteiger charge is -2.29. The Morgan fingerprint density at radius 1 is 0.840 bits per heavy atom. The van der Waals surface area contributed by atoms with E-state index in [0.29, 0.717) is 31.1 Å². The lowest BCUT2D eigenvalue weighted by atomic mass is 10.0. The summed E-state index contributed by atoms with van der Waals surface area (Å²) in [6, 6.07) is 12.5. The summed E-state index contributed by atoms with van der Waals surface area (Å²) in [6.07, 6.45) is 0.448. The highest BCUT2D eigenvalue weighted by Gasteiger charge is 2.31. The predicted octanol–water partition coefficient (Wildman–Crippen LogP) is 2.90. The molecule has 12 nitrogen and oxygen atoms in total. The van der Waals surface area contributed by atoms with Gasteiger partial charge >= 0.3 is 0 Å². The topological polar surface area (TPSA) is 153 Å². The van der Waals surface area contributed by atoms with E-state index in [0.717, 1.165) is 22.3 Å². The van der Waals surface area contributed by atoms with Crippen molar-refractivity contribution in [2.75, 3.05) is 26.7 Å². The first-order valence-electron chi connectivity index (χ1n) is 17.0. The molecule has 1 aliphatic rings. The second-order valence-corrected chi connectivity index (χ2v) is 14.3. The van der Waals surface area contributed by atoms with Gasteiger partial charge in [0.15, 0.2) is 0 Å². The van der Waals surface area contributed by atoms with Gasteiger partial charge in [-0.1, -0.05) is 62.4 Å². The molecule has 0 spiro atoms. The summed E-state index contributed by atoms with van der Waals surface area (Å²) in [5.41, 5.74) is 4.41. The SMILES string of the molecule is Cc1cccc(C)c1CN1CCN(C)C(=O)[C@@H](C)NC(=O)[C@H](C(C)C)NC(=O)[C@H](C)NC(=O)c2csc(n2)[C@H](Cc2ccccc2)NC(=O)C1. The van der Waals surface area contributed by atoms with Gasteiger partial charge in [0.1, 0.15) is 28.8 Å². The molecule has 1 aromatic heterocycles. The Labute approximate surface area is 298 Å². The molecule has 4 rings (SSSR count). The molecule has 2 heterocycles. The first kappa shape index (κ1) is 38.2.